The van der Waals surface area contributed by atoms with E-state index in [1.807, 2.05) is 24.3 Å². The van der Waals surface area contributed by atoms with E-state index in [2.05, 4.69) is 22.4 Å². The van der Waals surface area contributed by atoms with Crippen LogP contribution < -0.4 is 5.43 Å². The molecular formula is C18H21N3O. The van der Waals surface area contributed by atoms with Crippen molar-refractivity contribution in [2.75, 3.05) is 0 Å². The first-order valence-electron chi connectivity index (χ1n) is 8.13. The first-order chi connectivity index (χ1) is 10.7. The summed E-state index contributed by atoms with van der Waals surface area (Å²) in [5.74, 6) is 2.12. The molecule has 1 amide bonds. The van der Waals surface area contributed by atoms with Gasteiger partial charge in [-0.1, -0.05) is 24.6 Å². The van der Waals surface area contributed by atoms with E-state index < -0.39 is 0 Å². The van der Waals surface area contributed by atoms with Crippen LogP contribution in [0.5, 0.6) is 0 Å². The smallest absolute Gasteiger partial charge is 0.273 e. The van der Waals surface area contributed by atoms with E-state index in [4.69, 9.17) is 0 Å². The van der Waals surface area contributed by atoms with Gasteiger partial charge in [0.2, 0.25) is 0 Å². The number of amides is 1. The largest absolute Gasteiger partial charge is 0.360 e. The first kappa shape index (κ1) is 13.6. The summed E-state index contributed by atoms with van der Waals surface area (Å²) in [7, 11) is 0. The molecule has 4 rings (SSSR count). The molecule has 4 nitrogen and oxygen atoms in total. The van der Waals surface area contributed by atoms with E-state index in [-0.39, 0.29) is 5.91 Å². The Balaban J connectivity index is 1.49. The molecule has 3 atom stereocenters. The number of hydrazone groups is 1. The van der Waals surface area contributed by atoms with Crippen LogP contribution >= 0.6 is 0 Å². The zero-order chi connectivity index (χ0) is 15.1. The van der Waals surface area contributed by atoms with Crippen molar-refractivity contribution in [2.45, 2.75) is 32.6 Å². The fourth-order valence-corrected chi connectivity index (χ4v) is 4.30. The number of carbonyl (C=O) groups is 1. The molecule has 2 aliphatic carbocycles. The molecule has 0 aliphatic heterocycles. The van der Waals surface area contributed by atoms with Crippen molar-refractivity contribution in [1.82, 2.24) is 10.4 Å². The number of fused-ring (bicyclic) bond motifs is 3. The van der Waals surface area contributed by atoms with Crippen molar-refractivity contribution >= 4 is 22.5 Å². The summed E-state index contributed by atoms with van der Waals surface area (Å²) in [5, 5.41) is 5.33. The van der Waals surface area contributed by atoms with E-state index in [0.717, 1.165) is 28.5 Å². The van der Waals surface area contributed by atoms with E-state index in [1.54, 1.807) is 6.20 Å². The van der Waals surface area contributed by atoms with Crippen LogP contribution in [-0.2, 0) is 0 Å². The zero-order valence-corrected chi connectivity index (χ0v) is 12.8. The Morgan fingerprint density at radius 3 is 2.91 bits per heavy atom. The zero-order valence-electron chi connectivity index (χ0n) is 12.8. The van der Waals surface area contributed by atoms with Crippen molar-refractivity contribution in [3.63, 3.8) is 0 Å². The van der Waals surface area contributed by atoms with Gasteiger partial charge in [0, 0.05) is 28.7 Å². The second-order valence-corrected chi connectivity index (χ2v) is 6.72. The number of rotatable bonds is 3. The third-order valence-corrected chi connectivity index (χ3v) is 5.44. The number of nitrogens with one attached hydrogen (secondary N) is 2. The van der Waals surface area contributed by atoms with Gasteiger partial charge in [0.15, 0.2) is 0 Å². The van der Waals surface area contributed by atoms with Crippen LogP contribution in [0, 0.1) is 17.8 Å². The quantitative estimate of drug-likeness (QED) is 0.658. The average Bonchev–Trinajstić information content (AvgIpc) is 3.26. The number of hydrogen-bond acceptors (Lipinski definition) is 2. The molecule has 2 fully saturated rings. The van der Waals surface area contributed by atoms with Crippen molar-refractivity contribution in [2.24, 2.45) is 22.9 Å². The third kappa shape index (κ3) is 2.23. The Hall–Kier alpha value is -2.10. The maximum absolute atomic E-state index is 12.4. The van der Waals surface area contributed by atoms with Crippen molar-refractivity contribution in [1.29, 1.82) is 0 Å². The normalized spacial score (nSPS) is 27.5. The number of aromatic amines is 1. The molecule has 0 unspecified atom stereocenters. The van der Waals surface area contributed by atoms with E-state index in [9.17, 15) is 4.79 Å². The molecule has 0 saturated heterocycles. The minimum atomic E-state index is -0.139. The summed E-state index contributed by atoms with van der Waals surface area (Å²) in [6, 6.07) is 7.82. The van der Waals surface area contributed by atoms with Crippen LogP contribution in [0.2, 0.25) is 0 Å². The molecular weight excluding hydrogens is 274 g/mol. The summed E-state index contributed by atoms with van der Waals surface area (Å²) in [6.07, 6.45) is 7.08. The number of benzene rings is 1. The average molecular weight is 295 g/mol. The maximum atomic E-state index is 12.4. The highest BCUT2D eigenvalue weighted by Crippen LogP contribution is 2.48. The lowest BCUT2D eigenvalue weighted by atomic mass is 9.86. The van der Waals surface area contributed by atoms with Gasteiger partial charge in [0.25, 0.3) is 5.91 Å². The van der Waals surface area contributed by atoms with Crippen LogP contribution in [0.3, 0.4) is 0 Å². The number of hydrogen-bond donors (Lipinski definition) is 2. The van der Waals surface area contributed by atoms with Gasteiger partial charge in [-0.25, -0.2) is 5.43 Å². The molecule has 2 bridgehead atoms. The highest BCUT2D eigenvalue weighted by molar-refractivity contribution is 6.07. The second kappa shape index (κ2) is 5.27. The Bertz CT molecular complexity index is 746. The molecule has 1 heterocycles. The molecule has 0 spiro atoms. The van der Waals surface area contributed by atoms with Crippen molar-refractivity contribution < 1.29 is 4.79 Å². The number of aromatic nitrogens is 1. The van der Waals surface area contributed by atoms with Gasteiger partial charge in [0.05, 0.1) is 5.56 Å². The molecule has 2 saturated carbocycles. The molecule has 2 N–H and O–H groups in total. The Morgan fingerprint density at radius 2 is 2.14 bits per heavy atom. The molecule has 1 aromatic heterocycles. The SMILES string of the molecule is C/C(=N\NC(=O)c1c[nH]c2ccccc12)[C@H]1C[C@H]2CC[C@@H]1C2. The third-order valence-electron chi connectivity index (χ3n) is 5.44. The van der Waals surface area contributed by atoms with Crippen LogP contribution in [0.1, 0.15) is 43.0 Å². The maximum Gasteiger partial charge on any atom is 0.273 e. The lowest BCUT2D eigenvalue weighted by molar-refractivity contribution is 0.0956. The van der Waals surface area contributed by atoms with Gasteiger partial charge in [0.1, 0.15) is 0 Å². The van der Waals surface area contributed by atoms with E-state index in [1.165, 1.54) is 25.7 Å². The summed E-state index contributed by atoms with van der Waals surface area (Å²) < 4.78 is 0. The van der Waals surface area contributed by atoms with Gasteiger partial charge in [-0.3, -0.25) is 4.79 Å². The number of para-hydroxylation sites is 1. The number of H-pyrrole nitrogens is 1. The Morgan fingerprint density at radius 1 is 1.27 bits per heavy atom. The Labute approximate surface area is 130 Å². The predicted octanol–water partition coefficient (Wildman–Crippen LogP) is 3.71. The van der Waals surface area contributed by atoms with E-state index in [0.29, 0.717) is 11.5 Å². The number of nitrogens with zero attached hydrogens (tertiary/aromatic N) is 1. The summed E-state index contributed by atoms with van der Waals surface area (Å²) in [5.41, 5.74) is 5.45. The Kier molecular flexibility index (Phi) is 3.25. The van der Waals surface area contributed by atoms with Gasteiger partial charge in [-0.15, -0.1) is 0 Å². The van der Waals surface area contributed by atoms with Gasteiger partial charge < -0.3 is 4.98 Å². The van der Waals surface area contributed by atoms with Crippen molar-refractivity contribution in [3.05, 3.63) is 36.0 Å². The van der Waals surface area contributed by atoms with Crippen LogP contribution in [0.15, 0.2) is 35.6 Å². The van der Waals surface area contributed by atoms with Gasteiger partial charge in [-0.2, -0.15) is 5.10 Å². The number of carbonyl (C=O) groups excluding carboxylic acids is 1. The molecule has 114 valence electrons. The lowest BCUT2D eigenvalue weighted by Gasteiger charge is -2.21. The van der Waals surface area contributed by atoms with Crippen LogP contribution in [0.4, 0.5) is 0 Å². The molecule has 0 radical (unpaired) electrons. The standard InChI is InChI=1S/C18H21N3O/c1-11(15-9-12-6-7-13(15)8-12)20-21-18(22)16-10-19-17-5-3-2-4-14(16)17/h2-5,10,12-13,15,19H,6-9H2,1H3,(H,21,22)/b20-11+/t12-,13+,15+/m0/s1. The van der Waals surface area contributed by atoms with Crippen LogP contribution in [-0.4, -0.2) is 16.6 Å². The topological polar surface area (TPSA) is 57.2 Å². The van der Waals surface area contributed by atoms with Crippen LogP contribution in [0.25, 0.3) is 10.9 Å². The molecule has 22 heavy (non-hydrogen) atoms. The fourth-order valence-electron chi connectivity index (χ4n) is 4.30. The highest BCUT2D eigenvalue weighted by atomic mass is 16.2. The van der Waals surface area contributed by atoms with E-state index >= 15 is 0 Å². The highest BCUT2D eigenvalue weighted by Gasteiger charge is 2.40. The molecule has 4 heteroatoms. The minimum Gasteiger partial charge on any atom is -0.360 e. The summed E-state index contributed by atoms with van der Waals surface area (Å²) in [4.78, 5) is 15.5. The van der Waals surface area contributed by atoms with Gasteiger partial charge in [-0.05, 0) is 44.1 Å². The predicted molar refractivity (Wildman–Crippen MR) is 87.8 cm³/mol. The minimum absolute atomic E-state index is 0.139. The summed E-state index contributed by atoms with van der Waals surface area (Å²) >= 11 is 0. The lowest BCUT2D eigenvalue weighted by Crippen LogP contribution is -2.24. The second-order valence-electron chi connectivity index (χ2n) is 6.72. The molecule has 2 aliphatic rings. The van der Waals surface area contributed by atoms with Gasteiger partial charge >= 0.3 is 0 Å². The van der Waals surface area contributed by atoms with Crippen molar-refractivity contribution in [3.8, 4) is 0 Å². The fraction of sp³-hybridized carbons (Fsp3) is 0.444. The monoisotopic (exact) mass is 295 g/mol. The summed E-state index contributed by atoms with van der Waals surface area (Å²) in [6.45, 7) is 2.06. The molecule has 2 aromatic rings. The molecule has 1 aromatic carbocycles. The first-order valence-corrected chi connectivity index (χ1v) is 8.13.